The minimum absolute atomic E-state index is 0.304. The quantitative estimate of drug-likeness (QED) is 0.904. The first-order valence-corrected chi connectivity index (χ1v) is 8.14. The summed E-state index contributed by atoms with van der Waals surface area (Å²) in [5.41, 5.74) is 7.86. The van der Waals surface area contributed by atoms with Crippen molar-refractivity contribution in [3.8, 4) is 0 Å². The molecule has 4 rings (SSSR count). The molecule has 108 valence electrons. The third-order valence-corrected chi connectivity index (χ3v) is 5.26. The molecule has 0 bridgehead atoms. The minimum Gasteiger partial charge on any atom is -0.315 e. The van der Waals surface area contributed by atoms with E-state index in [1.165, 1.54) is 36.0 Å². The van der Waals surface area contributed by atoms with E-state index < -0.39 is 0 Å². The summed E-state index contributed by atoms with van der Waals surface area (Å²) in [7, 11) is 0. The molecule has 2 aliphatic rings. The summed E-state index contributed by atoms with van der Waals surface area (Å²) >= 11 is 0. The molecule has 0 amide bonds. The Hall–Kier alpha value is -1.60. The van der Waals surface area contributed by atoms with Gasteiger partial charge in [-0.1, -0.05) is 48.0 Å². The Morgan fingerprint density at radius 1 is 1.00 bits per heavy atom. The van der Waals surface area contributed by atoms with Crippen LogP contribution in [0.5, 0.6) is 0 Å². The highest BCUT2D eigenvalue weighted by molar-refractivity contribution is 5.40. The normalized spacial score (nSPS) is 19.1. The molecule has 0 radical (unpaired) electrons. The smallest absolute Gasteiger partial charge is 0.0243 e. The van der Waals surface area contributed by atoms with Crippen LogP contribution in [0.25, 0.3) is 0 Å². The zero-order chi connectivity index (χ0) is 14.3. The number of aryl methyl sites for hydroxylation is 3. The molecule has 1 aliphatic heterocycles. The molecule has 1 heterocycles. The van der Waals surface area contributed by atoms with Crippen molar-refractivity contribution in [3.63, 3.8) is 0 Å². The third kappa shape index (κ3) is 2.30. The van der Waals surface area contributed by atoms with Crippen LogP contribution in [0.2, 0.25) is 0 Å². The minimum atomic E-state index is 0.304. The molecular weight excluding hydrogens is 254 g/mol. The zero-order valence-corrected chi connectivity index (χ0v) is 12.8. The van der Waals surface area contributed by atoms with Gasteiger partial charge in [0.1, 0.15) is 0 Å². The molecule has 0 atom stereocenters. The van der Waals surface area contributed by atoms with E-state index in [0.29, 0.717) is 5.41 Å². The maximum absolute atomic E-state index is 3.49. The van der Waals surface area contributed by atoms with Gasteiger partial charge < -0.3 is 5.32 Å². The van der Waals surface area contributed by atoms with Gasteiger partial charge in [0.15, 0.2) is 0 Å². The lowest BCUT2D eigenvalue weighted by atomic mass is 9.70. The Kier molecular flexibility index (Phi) is 3.11. The van der Waals surface area contributed by atoms with E-state index in [-0.39, 0.29) is 0 Å². The van der Waals surface area contributed by atoms with E-state index in [9.17, 15) is 0 Å². The molecule has 0 aromatic heterocycles. The maximum Gasteiger partial charge on any atom is 0.0243 e. The first-order chi connectivity index (χ1) is 10.3. The Balaban J connectivity index is 1.65. The Morgan fingerprint density at radius 3 is 2.62 bits per heavy atom. The second-order valence-corrected chi connectivity index (χ2v) is 6.89. The van der Waals surface area contributed by atoms with Crippen molar-refractivity contribution in [1.82, 2.24) is 5.32 Å². The van der Waals surface area contributed by atoms with Gasteiger partial charge in [-0.3, -0.25) is 0 Å². The van der Waals surface area contributed by atoms with Crippen LogP contribution in [0.1, 0.15) is 34.2 Å². The number of rotatable bonds is 3. The summed E-state index contributed by atoms with van der Waals surface area (Å²) in [4.78, 5) is 0. The van der Waals surface area contributed by atoms with Crippen LogP contribution < -0.4 is 5.32 Å². The van der Waals surface area contributed by atoms with E-state index >= 15 is 0 Å². The molecule has 1 heteroatoms. The predicted octanol–water partition coefficient (Wildman–Crippen LogP) is 3.57. The van der Waals surface area contributed by atoms with E-state index in [1.54, 1.807) is 11.1 Å². The van der Waals surface area contributed by atoms with Crippen LogP contribution in [-0.2, 0) is 24.7 Å². The summed E-state index contributed by atoms with van der Waals surface area (Å²) in [6, 6.07) is 16.3. The molecule has 2 aromatic carbocycles. The summed E-state index contributed by atoms with van der Waals surface area (Å²) < 4.78 is 0. The van der Waals surface area contributed by atoms with Crippen molar-refractivity contribution in [1.29, 1.82) is 0 Å². The fourth-order valence-electron chi connectivity index (χ4n) is 3.96. The topological polar surface area (TPSA) is 12.0 Å². The number of hydrogen-bond donors (Lipinski definition) is 1. The second-order valence-electron chi connectivity index (χ2n) is 6.89. The summed E-state index contributed by atoms with van der Waals surface area (Å²) in [5.74, 6) is 0. The van der Waals surface area contributed by atoms with Crippen LogP contribution in [0.3, 0.4) is 0 Å². The van der Waals surface area contributed by atoms with Gasteiger partial charge in [-0.25, -0.2) is 0 Å². The maximum atomic E-state index is 3.49. The van der Waals surface area contributed by atoms with Gasteiger partial charge in [-0.05, 0) is 54.9 Å². The van der Waals surface area contributed by atoms with Crippen molar-refractivity contribution >= 4 is 0 Å². The number of benzene rings is 2. The Bertz CT molecular complexity index is 667. The average molecular weight is 277 g/mol. The molecule has 1 saturated heterocycles. The lowest BCUT2D eigenvalue weighted by Gasteiger charge is -2.44. The highest BCUT2D eigenvalue weighted by Gasteiger charge is 2.38. The molecule has 1 aliphatic carbocycles. The molecule has 0 spiro atoms. The Morgan fingerprint density at radius 2 is 1.86 bits per heavy atom. The highest BCUT2D eigenvalue weighted by atomic mass is 15.0. The lowest BCUT2D eigenvalue weighted by molar-refractivity contribution is 0.274. The predicted molar refractivity (Wildman–Crippen MR) is 87.9 cm³/mol. The van der Waals surface area contributed by atoms with Crippen molar-refractivity contribution < 1.29 is 0 Å². The van der Waals surface area contributed by atoms with Crippen LogP contribution in [0, 0.1) is 6.92 Å². The zero-order valence-electron chi connectivity index (χ0n) is 12.8. The molecule has 0 unspecified atom stereocenters. The molecule has 2 aromatic rings. The van der Waals surface area contributed by atoms with Gasteiger partial charge in [0.25, 0.3) is 0 Å². The van der Waals surface area contributed by atoms with Crippen molar-refractivity contribution in [2.75, 3.05) is 13.1 Å². The number of fused-ring (bicyclic) bond motifs is 1. The number of nitrogens with one attached hydrogen (secondary N) is 1. The summed E-state index contributed by atoms with van der Waals surface area (Å²) in [6.07, 6.45) is 5.05. The van der Waals surface area contributed by atoms with Crippen molar-refractivity contribution in [3.05, 3.63) is 70.3 Å². The first-order valence-electron chi connectivity index (χ1n) is 8.14. The van der Waals surface area contributed by atoms with Crippen LogP contribution in [0.15, 0.2) is 42.5 Å². The van der Waals surface area contributed by atoms with Crippen LogP contribution in [-0.4, -0.2) is 13.1 Å². The van der Waals surface area contributed by atoms with Gasteiger partial charge >= 0.3 is 0 Å². The second kappa shape index (κ2) is 4.99. The van der Waals surface area contributed by atoms with Gasteiger partial charge in [0.2, 0.25) is 0 Å². The van der Waals surface area contributed by atoms with Crippen LogP contribution >= 0.6 is 0 Å². The van der Waals surface area contributed by atoms with Gasteiger partial charge in [-0.2, -0.15) is 0 Å². The molecule has 0 saturated carbocycles. The van der Waals surface area contributed by atoms with E-state index in [4.69, 9.17) is 0 Å². The highest BCUT2D eigenvalue weighted by Crippen LogP contribution is 2.34. The van der Waals surface area contributed by atoms with Crippen molar-refractivity contribution in [2.45, 2.75) is 38.0 Å². The van der Waals surface area contributed by atoms with Crippen LogP contribution in [0.4, 0.5) is 0 Å². The fourth-order valence-corrected chi connectivity index (χ4v) is 3.96. The fraction of sp³-hybridized carbons (Fsp3) is 0.400. The molecule has 1 N–H and O–H groups in total. The van der Waals surface area contributed by atoms with E-state index in [1.807, 2.05) is 0 Å². The number of hydrogen-bond acceptors (Lipinski definition) is 1. The molecule has 1 fully saturated rings. The molecule has 21 heavy (non-hydrogen) atoms. The average Bonchev–Trinajstić information content (AvgIpc) is 2.90. The largest absolute Gasteiger partial charge is 0.315 e. The van der Waals surface area contributed by atoms with Crippen molar-refractivity contribution in [2.24, 2.45) is 0 Å². The van der Waals surface area contributed by atoms with E-state index in [0.717, 1.165) is 19.5 Å². The first kappa shape index (κ1) is 13.1. The third-order valence-electron chi connectivity index (χ3n) is 5.26. The van der Waals surface area contributed by atoms with Gasteiger partial charge in [-0.15, -0.1) is 0 Å². The standard InChI is InChI=1S/C20H23N/c1-15-4-2-7-19(10-15)20(13-21-14-20)12-16-8-9-17-5-3-6-18(17)11-16/h2,4,7-11,21H,3,5-6,12-14H2,1H3. The molecular formula is C20H23N. The lowest BCUT2D eigenvalue weighted by Crippen LogP contribution is -2.58. The summed E-state index contributed by atoms with van der Waals surface area (Å²) in [5, 5.41) is 3.49. The van der Waals surface area contributed by atoms with Gasteiger partial charge in [0, 0.05) is 18.5 Å². The van der Waals surface area contributed by atoms with Gasteiger partial charge in [0.05, 0.1) is 0 Å². The SMILES string of the molecule is Cc1cccc(C2(Cc3ccc4c(c3)CCC4)CNC2)c1. The summed E-state index contributed by atoms with van der Waals surface area (Å²) in [6.45, 7) is 4.40. The Labute approximate surface area is 127 Å². The molecule has 1 nitrogen and oxygen atoms in total. The van der Waals surface area contributed by atoms with E-state index in [2.05, 4.69) is 54.7 Å². The monoisotopic (exact) mass is 277 g/mol.